The van der Waals surface area contributed by atoms with Gasteiger partial charge in [-0.3, -0.25) is 4.79 Å². The lowest BCUT2D eigenvalue weighted by atomic mass is 9.83. The van der Waals surface area contributed by atoms with E-state index in [4.69, 9.17) is 4.74 Å². The summed E-state index contributed by atoms with van der Waals surface area (Å²) in [5.74, 6) is 3.43. The Bertz CT molecular complexity index is 1300. The maximum absolute atomic E-state index is 13.7. The molecule has 0 bridgehead atoms. The smallest absolute Gasteiger partial charge is 0.225 e. The van der Waals surface area contributed by atoms with Gasteiger partial charge in [-0.1, -0.05) is 140 Å². The highest BCUT2D eigenvalue weighted by molar-refractivity contribution is 5.93. The van der Waals surface area contributed by atoms with Gasteiger partial charge in [0.1, 0.15) is 11.5 Å². The second-order valence-corrected chi connectivity index (χ2v) is 14.4. The fourth-order valence-electron chi connectivity index (χ4n) is 7.26. The number of hydrogen-bond acceptors (Lipinski definition) is 2. The molecule has 1 saturated carbocycles. The molecule has 230 valence electrons. The standard InChI is InChI=1S/C40H53NO2/c1-29(15-7-5-8-16-30-17-9-6-10-18-30)23-24-31-25-26-35(40(2,3)4)36(27-31)41-39(42)28-34-32-19-11-13-21-37(32)43-38-22-14-12-20-33(34)38/h11-14,19-22,25-27,29-30,34H,5-10,15-18,23-24,28H2,1-4H3,(H,41,42). The zero-order valence-corrected chi connectivity index (χ0v) is 27.1. The van der Waals surface area contributed by atoms with Crippen LogP contribution >= 0.6 is 0 Å². The van der Waals surface area contributed by atoms with Crippen molar-refractivity contribution in [3.8, 4) is 11.5 Å². The van der Waals surface area contributed by atoms with Gasteiger partial charge in [0.05, 0.1) is 0 Å². The average Bonchev–Trinajstić information content (AvgIpc) is 3.00. The Morgan fingerprint density at radius 3 is 2.21 bits per heavy atom. The minimum Gasteiger partial charge on any atom is -0.457 e. The van der Waals surface area contributed by atoms with E-state index >= 15 is 0 Å². The van der Waals surface area contributed by atoms with Crippen molar-refractivity contribution >= 4 is 11.6 Å². The van der Waals surface area contributed by atoms with Crippen LogP contribution in [0.15, 0.2) is 66.7 Å². The number of aryl methyl sites for hydroxylation is 1. The van der Waals surface area contributed by atoms with Gasteiger partial charge in [0.25, 0.3) is 0 Å². The number of benzene rings is 3. The molecule has 1 N–H and O–H groups in total. The van der Waals surface area contributed by atoms with Gasteiger partial charge >= 0.3 is 0 Å². The maximum atomic E-state index is 13.7. The first-order valence-electron chi connectivity index (χ1n) is 17.1. The summed E-state index contributed by atoms with van der Waals surface area (Å²) in [6.45, 7) is 9.08. The minimum absolute atomic E-state index is 0.0362. The highest BCUT2D eigenvalue weighted by atomic mass is 16.5. The van der Waals surface area contributed by atoms with E-state index in [0.29, 0.717) is 6.42 Å². The quantitative estimate of drug-likeness (QED) is 0.217. The van der Waals surface area contributed by atoms with Crippen LogP contribution in [0.1, 0.15) is 133 Å². The molecule has 1 atom stereocenters. The summed E-state index contributed by atoms with van der Waals surface area (Å²) in [6.07, 6.45) is 16.9. The average molecular weight is 580 g/mol. The largest absolute Gasteiger partial charge is 0.457 e. The molecule has 3 heteroatoms. The number of ether oxygens (including phenoxy) is 1. The van der Waals surface area contributed by atoms with Gasteiger partial charge in [-0.05, 0) is 59.4 Å². The molecule has 43 heavy (non-hydrogen) atoms. The van der Waals surface area contributed by atoms with E-state index in [1.54, 1.807) is 0 Å². The third-order valence-electron chi connectivity index (χ3n) is 9.82. The molecule has 3 nitrogen and oxygen atoms in total. The van der Waals surface area contributed by atoms with Crippen molar-refractivity contribution in [1.82, 2.24) is 0 Å². The molecule has 0 saturated heterocycles. The van der Waals surface area contributed by atoms with Gasteiger partial charge in [-0.2, -0.15) is 0 Å². The second-order valence-electron chi connectivity index (χ2n) is 14.4. The molecule has 0 aromatic heterocycles. The first-order chi connectivity index (χ1) is 20.8. The van der Waals surface area contributed by atoms with Crippen LogP contribution in [-0.4, -0.2) is 5.91 Å². The molecule has 3 aromatic carbocycles. The molecular formula is C40H53NO2. The summed E-state index contributed by atoms with van der Waals surface area (Å²) in [7, 11) is 0. The van der Waals surface area contributed by atoms with Gasteiger partial charge in [0.2, 0.25) is 5.91 Å². The van der Waals surface area contributed by atoms with E-state index in [1.807, 2.05) is 36.4 Å². The van der Waals surface area contributed by atoms with Crippen LogP contribution in [0.3, 0.4) is 0 Å². The molecule has 0 radical (unpaired) electrons. The Morgan fingerprint density at radius 2 is 1.53 bits per heavy atom. The number of hydrogen-bond donors (Lipinski definition) is 1. The van der Waals surface area contributed by atoms with Gasteiger partial charge < -0.3 is 10.1 Å². The molecule has 1 heterocycles. The van der Waals surface area contributed by atoms with Crippen molar-refractivity contribution in [2.75, 3.05) is 5.32 Å². The number of fused-ring (bicyclic) bond motifs is 2. The second kappa shape index (κ2) is 14.6. The van der Waals surface area contributed by atoms with E-state index in [0.717, 1.165) is 46.6 Å². The van der Waals surface area contributed by atoms with Crippen molar-refractivity contribution in [3.05, 3.63) is 89.0 Å². The molecule has 3 aromatic rings. The summed E-state index contributed by atoms with van der Waals surface area (Å²) in [5.41, 5.74) is 5.54. The van der Waals surface area contributed by atoms with E-state index in [9.17, 15) is 4.79 Å². The molecule has 1 aliphatic carbocycles. The molecule has 1 aliphatic heterocycles. The Kier molecular flexibility index (Phi) is 10.6. The van der Waals surface area contributed by atoms with Crippen LogP contribution in [-0.2, 0) is 16.6 Å². The topological polar surface area (TPSA) is 38.3 Å². The predicted molar refractivity (Wildman–Crippen MR) is 180 cm³/mol. The molecule has 1 fully saturated rings. The van der Waals surface area contributed by atoms with Crippen molar-refractivity contribution in [1.29, 1.82) is 0 Å². The molecular weight excluding hydrogens is 526 g/mol. The summed E-state index contributed by atoms with van der Waals surface area (Å²) in [6, 6.07) is 22.9. The zero-order chi connectivity index (χ0) is 30.2. The van der Waals surface area contributed by atoms with Gasteiger partial charge in [0, 0.05) is 29.2 Å². The number of unbranched alkanes of at least 4 members (excludes halogenated alkanes) is 2. The van der Waals surface area contributed by atoms with E-state index in [1.165, 1.54) is 81.8 Å². The Balaban J connectivity index is 1.18. The fourth-order valence-corrected chi connectivity index (χ4v) is 7.26. The van der Waals surface area contributed by atoms with Crippen molar-refractivity contribution < 1.29 is 9.53 Å². The van der Waals surface area contributed by atoms with Crippen LogP contribution < -0.4 is 10.1 Å². The summed E-state index contributed by atoms with van der Waals surface area (Å²) in [5, 5.41) is 3.35. The molecule has 2 aliphatic rings. The maximum Gasteiger partial charge on any atom is 0.225 e. The highest BCUT2D eigenvalue weighted by Gasteiger charge is 2.29. The van der Waals surface area contributed by atoms with Gasteiger partial charge in [-0.15, -0.1) is 0 Å². The first-order valence-corrected chi connectivity index (χ1v) is 17.1. The summed E-state index contributed by atoms with van der Waals surface area (Å²) >= 11 is 0. The number of amides is 1. The molecule has 1 amide bonds. The number of para-hydroxylation sites is 2. The zero-order valence-electron chi connectivity index (χ0n) is 27.1. The SMILES string of the molecule is CC(CCCCCC1CCCCC1)CCc1ccc(C(C)(C)C)c(NC(=O)CC2c3ccccc3Oc3ccccc32)c1. The number of anilines is 1. The third kappa shape index (κ3) is 8.52. The van der Waals surface area contributed by atoms with Gasteiger partial charge in [0.15, 0.2) is 0 Å². The van der Waals surface area contributed by atoms with Crippen molar-refractivity contribution in [2.24, 2.45) is 11.8 Å². The predicted octanol–water partition coefficient (Wildman–Crippen LogP) is 11.3. The third-order valence-corrected chi connectivity index (χ3v) is 9.82. The number of rotatable bonds is 12. The monoisotopic (exact) mass is 579 g/mol. The van der Waals surface area contributed by atoms with Crippen molar-refractivity contribution in [2.45, 2.75) is 122 Å². The van der Waals surface area contributed by atoms with Crippen LogP contribution in [0.25, 0.3) is 0 Å². The Morgan fingerprint density at radius 1 is 0.860 bits per heavy atom. The van der Waals surface area contributed by atoms with Crippen LogP contribution in [0.2, 0.25) is 0 Å². The number of nitrogens with one attached hydrogen (secondary N) is 1. The molecule has 5 rings (SSSR count). The van der Waals surface area contributed by atoms with Crippen molar-refractivity contribution in [3.63, 3.8) is 0 Å². The Hall–Kier alpha value is -3.07. The fraction of sp³-hybridized carbons (Fsp3) is 0.525. The Labute approximate surface area is 260 Å². The minimum atomic E-state index is -0.0655. The molecule has 0 spiro atoms. The lowest BCUT2D eigenvalue weighted by Crippen LogP contribution is -2.22. The summed E-state index contributed by atoms with van der Waals surface area (Å²) < 4.78 is 6.16. The van der Waals surface area contributed by atoms with Gasteiger partial charge in [-0.25, -0.2) is 0 Å². The normalized spacial score (nSPS) is 16.2. The van der Waals surface area contributed by atoms with E-state index in [-0.39, 0.29) is 17.2 Å². The van der Waals surface area contributed by atoms with E-state index < -0.39 is 0 Å². The van der Waals surface area contributed by atoms with E-state index in [2.05, 4.69) is 63.3 Å². The highest BCUT2D eigenvalue weighted by Crippen LogP contribution is 2.45. The van der Waals surface area contributed by atoms with Crippen LogP contribution in [0, 0.1) is 11.8 Å². The number of carbonyl (C=O) groups is 1. The van der Waals surface area contributed by atoms with Crippen LogP contribution in [0.5, 0.6) is 11.5 Å². The first kappa shape index (κ1) is 31.4. The summed E-state index contributed by atoms with van der Waals surface area (Å²) in [4.78, 5) is 13.7. The van der Waals surface area contributed by atoms with Crippen LogP contribution in [0.4, 0.5) is 5.69 Å². The lowest BCUT2D eigenvalue weighted by Gasteiger charge is -2.28. The lowest BCUT2D eigenvalue weighted by molar-refractivity contribution is -0.116. The number of carbonyl (C=O) groups excluding carboxylic acids is 1. The molecule has 1 unspecified atom stereocenters.